The summed E-state index contributed by atoms with van der Waals surface area (Å²) in [5, 5.41) is 2.98. The van der Waals surface area contributed by atoms with Gasteiger partial charge in [-0.15, -0.1) is 0 Å². The van der Waals surface area contributed by atoms with Gasteiger partial charge in [0.15, 0.2) is 0 Å². The van der Waals surface area contributed by atoms with E-state index >= 15 is 0 Å². The lowest BCUT2D eigenvalue weighted by atomic mass is 10.3. The molecule has 1 rings (SSSR count). The Bertz CT molecular complexity index is 274. The molecule has 70 valence electrons. The van der Waals surface area contributed by atoms with Crippen LogP contribution in [0.5, 0.6) is 0 Å². The molecule has 4 nitrogen and oxygen atoms in total. The number of carbonyl (C=O) groups is 1. The van der Waals surface area contributed by atoms with Crippen LogP contribution in [0.2, 0.25) is 0 Å². The van der Waals surface area contributed by atoms with Crippen LogP contribution in [-0.4, -0.2) is 24.1 Å². The molecule has 0 radical (unpaired) electrons. The van der Waals surface area contributed by atoms with Gasteiger partial charge in [0.05, 0.1) is 7.11 Å². The van der Waals surface area contributed by atoms with Crippen LogP contribution in [0.15, 0.2) is 24.5 Å². The van der Waals surface area contributed by atoms with Gasteiger partial charge in [-0.05, 0) is 19.1 Å². The van der Waals surface area contributed by atoms with E-state index in [2.05, 4.69) is 15.0 Å². The fourth-order valence-electron chi connectivity index (χ4n) is 0.934. The predicted octanol–water partition coefficient (Wildman–Crippen LogP) is 1.05. The molecule has 1 aromatic heterocycles. The molecule has 1 heterocycles. The summed E-state index contributed by atoms with van der Waals surface area (Å²) in [6, 6.07) is 3.24. The number of hydrogen-bond acceptors (Lipinski definition) is 4. The van der Waals surface area contributed by atoms with E-state index in [0.29, 0.717) is 0 Å². The maximum absolute atomic E-state index is 11.0. The van der Waals surface area contributed by atoms with E-state index in [1.165, 1.54) is 7.11 Å². The third kappa shape index (κ3) is 2.74. The molecular formula is C9H12N2O2. The third-order valence-electron chi connectivity index (χ3n) is 1.62. The number of methoxy groups -OCH3 is 1. The SMILES string of the molecule is COC(=O)C(C)Nc1ccncc1. The standard InChI is InChI=1S/C9H12N2O2/c1-7(9(12)13-2)11-8-3-5-10-6-4-8/h3-7H,1-2H3,(H,10,11). The van der Waals surface area contributed by atoms with Crippen LogP contribution >= 0.6 is 0 Å². The van der Waals surface area contributed by atoms with Crippen molar-refractivity contribution >= 4 is 11.7 Å². The molecule has 0 aliphatic carbocycles. The zero-order chi connectivity index (χ0) is 9.68. The van der Waals surface area contributed by atoms with Crippen molar-refractivity contribution in [2.24, 2.45) is 0 Å². The van der Waals surface area contributed by atoms with Gasteiger partial charge in [-0.3, -0.25) is 4.98 Å². The van der Waals surface area contributed by atoms with Gasteiger partial charge in [-0.2, -0.15) is 0 Å². The number of carbonyl (C=O) groups excluding carboxylic acids is 1. The smallest absolute Gasteiger partial charge is 0.327 e. The average Bonchev–Trinajstić information content (AvgIpc) is 2.18. The maximum atomic E-state index is 11.0. The minimum absolute atomic E-state index is 0.281. The highest BCUT2D eigenvalue weighted by Crippen LogP contribution is 2.05. The van der Waals surface area contributed by atoms with Crippen molar-refractivity contribution in [1.82, 2.24) is 4.98 Å². The van der Waals surface area contributed by atoms with Crippen molar-refractivity contribution in [2.45, 2.75) is 13.0 Å². The van der Waals surface area contributed by atoms with Crippen LogP contribution in [0.3, 0.4) is 0 Å². The predicted molar refractivity (Wildman–Crippen MR) is 49.3 cm³/mol. The van der Waals surface area contributed by atoms with E-state index in [0.717, 1.165) is 5.69 Å². The zero-order valence-corrected chi connectivity index (χ0v) is 7.65. The normalized spacial score (nSPS) is 11.8. The zero-order valence-electron chi connectivity index (χ0n) is 7.65. The van der Waals surface area contributed by atoms with E-state index in [-0.39, 0.29) is 12.0 Å². The first-order valence-corrected chi connectivity index (χ1v) is 3.98. The van der Waals surface area contributed by atoms with Crippen LogP contribution in [0, 0.1) is 0 Å². The van der Waals surface area contributed by atoms with Crippen LogP contribution in [0.25, 0.3) is 0 Å². The number of anilines is 1. The second-order valence-electron chi connectivity index (χ2n) is 2.63. The van der Waals surface area contributed by atoms with Gasteiger partial charge in [0, 0.05) is 18.1 Å². The first kappa shape index (κ1) is 9.51. The quantitative estimate of drug-likeness (QED) is 0.706. The molecule has 1 N–H and O–H groups in total. The van der Waals surface area contributed by atoms with Gasteiger partial charge >= 0.3 is 5.97 Å². The lowest BCUT2D eigenvalue weighted by Crippen LogP contribution is -2.27. The third-order valence-corrected chi connectivity index (χ3v) is 1.62. The van der Waals surface area contributed by atoms with Gasteiger partial charge in [-0.25, -0.2) is 4.79 Å². The first-order valence-electron chi connectivity index (χ1n) is 3.98. The Morgan fingerprint density at radius 3 is 2.69 bits per heavy atom. The van der Waals surface area contributed by atoms with E-state index in [1.54, 1.807) is 31.5 Å². The number of aromatic nitrogens is 1. The molecule has 0 spiro atoms. The Labute approximate surface area is 76.9 Å². The van der Waals surface area contributed by atoms with Crippen LogP contribution in [-0.2, 0) is 9.53 Å². The molecule has 1 unspecified atom stereocenters. The molecule has 0 aliphatic rings. The Morgan fingerprint density at radius 1 is 1.54 bits per heavy atom. The molecule has 13 heavy (non-hydrogen) atoms. The number of pyridine rings is 1. The van der Waals surface area contributed by atoms with Crippen LogP contribution in [0.4, 0.5) is 5.69 Å². The number of esters is 1. The lowest BCUT2D eigenvalue weighted by Gasteiger charge is -2.11. The van der Waals surface area contributed by atoms with Crippen LogP contribution < -0.4 is 5.32 Å². The van der Waals surface area contributed by atoms with Crippen molar-refractivity contribution in [1.29, 1.82) is 0 Å². The second kappa shape index (κ2) is 4.45. The summed E-state index contributed by atoms with van der Waals surface area (Å²) in [6.07, 6.45) is 3.32. The number of ether oxygens (including phenoxy) is 1. The molecular weight excluding hydrogens is 168 g/mol. The summed E-state index contributed by atoms with van der Waals surface area (Å²) in [6.45, 7) is 1.74. The molecule has 0 aromatic carbocycles. The van der Waals surface area contributed by atoms with Gasteiger partial charge < -0.3 is 10.1 Å². The summed E-state index contributed by atoms with van der Waals surface area (Å²) >= 11 is 0. The molecule has 0 amide bonds. The average molecular weight is 180 g/mol. The molecule has 1 aromatic rings. The van der Waals surface area contributed by atoms with Crippen molar-refractivity contribution < 1.29 is 9.53 Å². The largest absolute Gasteiger partial charge is 0.467 e. The maximum Gasteiger partial charge on any atom is 0.327 e. The van der Waals surface area contributed by atoms with E-state index in [1.807, 2.05) is 0 Å². The highest BCUT2D eigenvalue weighted by Gasteiger charge is 2.11. The van der Waals surface area contributed by atoms with E-state index < -0.39 is 0 Å². The summed E-state index contributed by atoms with van der Waals surface area (Å²) in [7, 11) is 1.37. The fourth-order valence-corrected chi connectivity index (χ4v) is 0.934. The Morgan fingerprint density at radius 2 is 2.15 bits per heavy atom. The topological polar surface area (TPSA) is 51.2 Å². The highest BCUT2D eigenvalue weighted by molar-refractivity contribution is 5.78. The van der Waals surface area contributed by atoms with Crippen molar-refractivity contribution in [3.63, 3.8) is 0 Å². The lowest BCUT2D eigenvalue weighted by molar-refractivity contribution is -0.141. The molecule has 0 bridgehead atoms. The monoisotopic (exact) mass is 180 g/mol. The highest BCUT2D eigenvalue weighted by atomic mass is 16.5. The Balaban J connectivity index is 2.55. The van der Waals surface area contributed by atoms with Gasteiger partial charge in [0.1, 0.15) is 6.04 Å². The van der Waals surface area contributed by atoms with Gasteiger partial charge in [0.2, 0.25) is 0 Å². The Kier molecular flexibility index (Phi) is 3.25. The van der Waals surface area contributed by atoms with E-state index in [9.17, 15) is 4.79 Å². The minimum Gasteiger partial charge on any atom is -0.467 e. The number of rotatable bonds is 3. The van der Waals surface area contributed by atoms with Crippen molar-refractivity contribution in [2.75, 3.05) is 12.4 Å². The Hall–Kier alpha value is -1.58. The number of nitrogens with one attached hydrogen (secondary N) is 1. The number of nitrogens with zero attached hydrogens (tertiary/aromatic N) is 1. The van der Waals surface area contributed by atoms with Crippen LogP contribution in [0.1, 0.15) is 6.92 Å². The summed E-state index contributed by atoms with van der Waals surface area (Å²) in [4.78, 5) is 14.9. The molecule has 0 saturated heterocycles. The second-order valence-corrected chi connectivity index (χ2v) is 2.63. The molecule has 1 atom stereocenters. The first-order chi connectivity index (χ1) is 6.24. The van der Waals surface area contributed by atoms with Crippen molar-refractivity contribution in [3.8, 4) is 0 Å². The summed E-state index contributed by atoms with van der Waals surface area (Å²) in [5.41, 5.74) is 0.855. The van der Waals surface area contributed by atoms with Gasteiger partial charge in [-0.1, -0.05) is 0 Å². The molecule has 0 saturated carbocycles. The summed E-state index contributed by atoms with van der Waals surface area (Å²) in [5.74, 6) is -0.281. The van der Waals surface area contributed by atoms with Crippen molar-refractivity contribution in [3.05, 3.63) is 24.5 Å². The molecule has 0 fully saturated rings. The molecule has 0 aliphatic heterocycles. The fraction of sp³-hybridized carbons (Fsp3) is 0.333. The van der Waals surface area contributed by atoms with E-state index in [4.69, 9.17) is 0 Å². The minimum atomic E-state index is -0.340. The summed E-state index contributed by atoms with van der Waals surface area (Å²) < 4.78 is 4.57. The van der Waals surface area contributed by atoms with Gasteiger partial charge in [0.25, 0.3) is 0 Å². The molecule has 4 heteroatoms. The number of hydrogen-bond donors (Lipinski definition) is 1.